The molecule has 0 aromatic carbocycles. The third kappa shape index (κ3) is 1.65. The van der Waals surface area contributed by atoms with E-state index in [-0.39, 0.29) is 17.2 Å². The molecule has 4 nitrogen and oxygen atoms in total. The average molecular weight is 205 g/mol. The van der Waals surface area contributed by atoms with Gasteiger partial charge in [0.05, 0.1) is 0 Å². The summed E-state index contributed by atoms with van der Waals surface area (Å²) in [7, 11) is 0. The van der Waals surface area contributed by atoms with Gasteiger partial charge in [0.15, 0.2) is 5.78 Å². The van der Waals surface area contributed by atoms with Gasteiger partial charge in [0, 0.05) is 17.4 Å². The molecule has 0 aromatic rings. The van der Waals surface area contributed by atoms with Crippen molar-refractivity contribution in [2.24, 2.45) is 10.5 Å². The van der Waals surface area contributed by atoms with Gasteiger partial charge in [0.25, 0.3) is 0 Å². The fourth-order valence-corrected chi connectivity index (χ4v) is 2.77. The summed E-state index contributed by atoms with van der Waals surface area (Å²) in [6.45, 7) is 2.13. The predicted molar refractivity (Wildman–Crippen MR) is 57.2 cm³/mol. The van der Waals surface area contributed by atoms with Crippen LogP contribution in [-0.4, -0.2) is 11.8 Å². The van der Waals surface area contributed by atoms with Crippen LogP contribution in [-0.2, 0) is 4.79 Å². The van der Waals surface area contributed by atoms with E-state index in [4.69, 9.17) is 5.53 Å². The van der Waals surface area contributed by atoms with E-state index in [1.54, 1.807) is 6.08 Å². The van der Waals surface area contributed by atoms with Crippen LogP contribution in [0.15, 0.2) is 16.8 Å². The van der Waals surface area contributed by atoms with Crippen molar-refractivity contribution in [2.45, 2.75) is 45.1 Å². The number of ketones is 1. The van der Waals surface area contributed by atoms with Gasteiger partial charge in [-0.15, -0.1) is 0 Å². The highest BCUT2D eigenvalue weighted by Crippen LogP contribution is 2.47. The molecule has 1 fully saturated rings. The smallest absolute Gasteiger partial charge is 0.155 e. The zero-order valence-corrected chi connectivity index (χ0v) is 8.94. The van der Waals surface area contributed by atoms with Gasteiger partial charge in [-0.2, -0.15) is 0 Å². The molecule has 0 radical (unpaired) electrons. The Labute approximate surface area is 89.0 Å². The Balaban J connectivity index is 2.36. The quantitative estimate of drug-likeness (QED) is 0.368. The van der Waals surface area contributed by atoms with E-state index in [0.717, 1.165) is 25.7 Å². The van der Waals surface area contributed by atoms with E-state index < -0.39 is 0 Å². The molecule has 4 heteroatoms. The number of fused-ring (bicyclic) bond motifs is 1. The van der Waals surface area contributed by atoms with Crippen molar-refractivity contribution in [1.29, 1.82) is 0 Å². The lowest BCUT2D eigenvalue weighted by atomic mass is 9.63. The van der Waals surface area contributed by atoms with Crippen molar-refractivity contribution in [3.8, 4) is 0 Å². The van der Waals surface area contributed by atoms with E-state index in [0.29, 0.717) is 6.42 Å². The van der Waals surface area contributed by atoms with Gasteiger partial charge in [0.2, 0.25) is 0 Å². The molecule has 0 aromatic heterocycles. The molecule has 15 heavy (non-hydrogen) atoms. The van der Waals surface area contributed by atoms with E-state index in [2.05, 4.69) is 16.9 Å². The van der Waals surface area contributed by atoms with Crippen LogP contribution in [0.5, 0.6) is 0 Å². The SMILES string of the molecule is CC12CCC(=O)C=C1CCCC2N=[N+]=[N-]. The molecule has 0 N–H and O–H groups in total. The number of rotatable bonds is 1. The number of allylic oxidation sites excluding steroid dienone is 1. The molecule has 80 valence electrons. The van der Waals surface area contributed by atoms with Crippen LogP contribution in [0, 0.1) is 5.41 Å². The van der Waals surface area contributed by atoms with Crippen LogP contribution in [0.25, 0.3) is 10.4 Å². The molecule has 2 atom stereocenters. The summed E-state index contributed by atoms with van der Waals surface area (Å²) in [6.07, 6.45) is 6.17. The van der Waals surface area contributed by atoms with Crippen LogP contribution < -0.4 is 0 Å². The molecule has 2 aliphatic carbocycles. The lowest BCUT2D eigenvalue weighted by Crippen LogP contribution is -2.39. The molecule has 1 saturated carbocycles. The maximum atomic E-state index is 11.3. The Bertz CT molecular complexity index is 368. The van der Waals surface area contributed by atoms with Crippen molar-refractivity contribution in [1.82, 2.24) is 0 Å². The van der Waals surface area contributed by atoms with Crippen molar-refractivity contribution < 1.29 is 4.79 Å². The number of carbonyl (C=O) groups is 1. The monoisotopic (exact) mass is 205 g/mol. The first-order valence-electron chi connectivity index (χ1n) is 5.45. The van der Waals surface area contributed by atoms with Gasteiger partial charge in [0.1, 0.15) is 0 Å². The lowest BCUT2D eigenvalue weighted by molar-refractivity contribution is -0.116. The van der Waals surface area contributed by atoms with Gasteiger partial charge in [-0.1, -0.05) is 17.6 Å². The number of carbonyl (C=O) groups excluding carboxylic acids is 1. The Morgan fingerprint density at radius 2 is 2.40 bits per heavy atom. The Morgan fingerprint density at radius 1 is 1.60 bits per heavy atom. The maximum Gasteiger partial charge on any atom is 0.155 e. The molecule has 2 aliphatic rings. The first kappa shape index (κ1) is 10.2. The second-order valence-corrected chi connectivity index (χ2v) is 4.67. The van der Waals surface area contributed by atoms with Crippen LogP contribution >= 0.6 is 0 Å². The average Bonchev–Trinajstić information content (AvgIpc) is 2.21. The summed E-state index contributed by atoms with van der Waals surface area (Å²) < 4.78 is 0. The van der Waals surface area contributed by atoms with E-state index in [9.17, 15) is 4.79 Å². The lowest BCUT2D eigenvalue weighted by Gasteiger charge is -2.43. The third-order valence-corrected chi connectivity index (χ3v) is 3.81. The summed E-state index contributed by atoms with van der Waals surface area (Å²) in [6, 6.07) is 0.0376. The molecular weight excluding hydrogens is 190 g/mol. The zero-order valence-electron chi connectivity index (χ0n) is 8.94. The van der Waals surface area contributed by atoms with Crippen LogP contribution in [0.4, 0.5) is 0 Å². The topological polar surface area (TPSA) is 65.8 Å². The number of hydrogen-bond donors (Lipinski definition) is 0. The van der Waals surface area contributed by atoms with Gasteiger partial charge in [-0.05, 0) is 42.7 Å². The minimum Gasteiger partial charge on any atom is -0.295 e. The third-order valence-electron chi connectivity index (χ3n) is 3.81. The van der Waals surface area contributed by atoms with Crippen LogP contribution in [0.1, 0.15) is 39.0 Å². The minimum absolute atomic E-state index is 0.0376. The Kier molecular flexibility index (Phi) is 2.53. The fourth-order valence-electron chi connectivity index (χ4n) is 2.77. The predicted octanol–water partition coefficient (Wildman–Crippen LogP) is 3.14. The van der Waals surface area contributed by atoms with Gasteiger partial charge < -0.3 is 0 Å². The van der Waals surface area contributed by atoms with Crippen molar-refractivity contribution in [3.63, 3.8) is 0 Å². The highest BCUT2D eigenvalue weighted by Gasteiger charge is 2.41. The summed E-state index contributed by atoms with van der Waals surface area (Å²) in [5.74, 6) is 0.226. The van der Waals surface area contributed by atoms with Crippen LogP contribution in [0.3, 0.4) is 0 Å². The van der Waals surface area contributed by atoms with Crippen molar-refractivity contribution in [3.05, 3.63) is 22.1 Å². The molecule has 0 aliphatic heterocycles. The van der Waals surface area contributed by atoms with Gasteiger partial charge in [-0.25, -0.2) is 0 Å². The molecule has 0 amide bonds. The first-order valence-corrected chi connectivity index (χ1v) is 5.45. The van der Waals surface area contributed by atoms with Crippen LogP contribution in [0.2, 0.25) is 0 Å². The molecule has 2 rings (SSSR count). The van der Waals surface area contributed by atoms with Gasteiger partial charge >= 0.3 is 0 Å². The summed E-state index contributed by atoms with van der Waals surface area (Å²) in [5, 5.41) is 3.89. The number of azide groups is 1. The molecule has 2 unspecified atom stereocenters. The molecule has 0 saturated heterocycles. The standard InChI is InChI=1S/C11H15N3O/c1-11-6-5-9(15)7-8(11)3-2-4-10(11)13-14-12/h7,10H,2-6H2,1H3. The minimum atomic E-state index is -0.0572. The summed E-state index contributed by atoms with van der Waals surface area (Å²) in [5.41, 5.74) is 9.69. The number of nitrogens with zero attached hydrogens (tertiary/aromatic N) is 3. The van der Waals surface area contributed by atoms with E-state index in [1.165, 1.54) is 5.57 Å². The first-order chi connectivity index (χ1) is 7.16. The number of hydrogen-bond acceptors (Lipinski definition) is 2. The molecule has 0 spiro atoms. The fraction of sp³-hybridized carbons (Fsp3) is 0.727. The zero-order chi connectivity index (χ0) is 10.9. The van der Waals surface area contributed by atoms with E-state index in [1.807, 2.05) is 0 Å². The Morgan fingerprint density at radius 3 is 3.13 bits per heavy atom. The second kappa shape index (κ2) is 3.70. The molecule has 0 heterocycles. The van der Waals surface area contributed by atoms with Gasteiger partial charge in [-0.3, -0.25) is 4.79 Å². The summed E-state index contributed by atoms with van der Waals surface area (Å²) >= 11 is 0. The van der Waals surface area contributed by atoms with E-state index >= 15 is 0 Å². The van der Waals surface area contributed by atoms with Crippen molar-refractivity contribution in [2.75, 3.05) is 0 Å². The largest absolute Gasteiger partial charge is 0.295 e. The highest BCUT2D eigenvalue weighted by atomic mass is 16.1. The molecular formula is C11H15N3O. The maximum absolute atomic E-state index is 11.3. The normalized spacial score (nSPS) is 35.1. The second-order valence-electron chi connectivity index (χ2n) is 4.67. The molecule has 0 bridgehead atoms. The Hall–Kier alpha value is -1.28. The highest BCUT2D eigenvalue weighted by molar-refractivity contribution is 5.91. The summed E-state index contributed by atoms with van der Waals surface area (Å²) in [4.78, 5) is 14.3. The van der Waals surface area contributed by atoms with Crippen molar-refractivity contribution >= 4 is 5.78 Å².